The molecule has 1 aliphatic rings. The maximum absolute atomic E-state index is 11.7. The van der Waals surface area contributed by atoms with Gasteiger partial charge in [-0.2, -0.15) is 0 Å². The molecule has 0 radical (unpaired) electrons. The van der Waals surface area contributed by atoms with Crippen LogP contribution in [0, 0.1) is 5.92 Å². The third kappa shape index (κ3) is 7.43. The van der Waals surface area contributed by atoms with Crippen LogP contribution in [0.1, 0.15) is 39.5 Å². The Morgan fingerprint density at radius 1 is 1.45 bits per heavy atom. The summed E-state index contributed by atoms with van der Waals surface area (Å²) in [4.78, 5) is 11.7. The van der Waals surface area contributed by atoms with Gasteiger partial charge in [0.15, 0.2) is 0 Å². The van der Waals surface area contributed by atoms with Gasteiger partial charge in [0.2, 0.25) is 5.91 Å². The molecule has 1 amide bonds. The minimum absolute atomic E-state index is 0. The van der Waals surface area contributed by atoms with Gasteiger partial charge in [0.1, 0.15) is 0 Å². The van der Waals surface area contributed by atoms with Gasteiger partial charge >= 0.3 is 0 Å². The summed E-state index contributed by atoms with van der Waals surface area (Å²) in [6, 6.07) is -0.401. The lowest BCUT2D eigenvalue weighted by molar-refractivity contribution is -0.123. The Kier molecular flexibility index (Phi) is 11.1. The van der Waals surface area contributed by atoms with Gasteiger partial charge in [-0.1, -0.05) is 20.3 Å². The van der Waals surface area contributed by atoms with Gasteiger partial charge in [0, 0.05) is 26.4 Å². The van der Waals surface area contributed by atoms with E-state index in [0.717, 1.165) is 38.9 Å². The number of ether oxygens (including phenoxy) is 2. The Hall–Kier alpha value is -0.360. The van der Waals surface area contributed by atoms with Gasteiger partial charge in [-0.15, -0.1) is 12.4 Å². The van der Waals surface area contributed by atoms with E-state index in [0.29, 0.717) is 19.3 Å². The molecule has 1 heterocycles. The summed E-state index contributed by atoms with van der Waals surface area (Å²) in [5, 5.41) is 2.87. The quantitative estimate of drug-likeness (QED) is 0.666. The van der Waals surface area contributed by atoms with Crippen LogP contribution in [0.25, 0.3) is 0 Å². The van der Waals surface area contributed by atoms with Crippen LogP contribution >= 0.6 is 12.4 Å². The Labute approximate surface area is 128 Å². The molecule has 20 heavy (non-hydrogen) atoms. The maximum atomic E-state index is 11.7. The molecule has 0 saturated carbocycles. The van der Waals surface area contributed by atoms with Crippen LogP contribution in [0.4, 0.5) is 0 Å². The fourth-order valence-electron chi connectivity index (χ4n) is 2.01. The Bertz CT molecular complexity index is 261. The van der Waals surface area contributed by atoms with E-state index in [9.17, 15) is 4.79 Å². The van der Waals surface area contributed by atoms with E-state index in [1.165, 1.54) is 0 Å². The number of hydrogen-bond donors (Lipinski definition) is 2. The zero-order valence-electron chi connectivity index (χ0n) is 12.6. The summed E-state index contributed by atoms with van der Waals surface area (Å²) < 4.78 is 11.0. The molecule has 0 spiro atoms. The standard InChI is InChI=1S/C14H28N2O3.ClH/c1-3-11(2)13(15)14(17)16-7-4-8-19-12-5-9-18-10-6-12;/h11-13H,3-10,15H2,1-2H3,(H,16,17);1H. The molecule has 1 saturated heterocycles. The second kappa shape index (κ2) is 11.3. The van der Waals surface area contributed by atoms with E-state index in [1.54, 1.807) is 0 Å². The maximum Gasteiger partial charge on any atom is 0.237 e. The van der Waals surface area contributed by atoms with Crippen molar-refractivity contribution in [2.75, 3.05) is 26.4 Å². The van der Waals surface area contributed by atoms with E-state index in [-0.39, 0.29) is 24.2 Å². The van der Waals surface area contributed by atoms with Crippen molar-refractivity contribution in [1.29, 1.82) is 0 Å². The zero-order chi connectivity index (χ0) is 14.1. The molecule has 3 N–H and O–H groups in total. The number of carbonyl (C=O) groups is 1. The van der Waals surface area contributed by atoms with Crippen LogP contribution < -0.4 is 11.1 Å². The van der Waals surface area contributed by atoms with E-state index in [1.807, 2.05) is 13.8 Å². The molecule has 5 nitrogen and oxygen atoms in total. The van der Waals surface area contributed by atoms with Gasteiger partial charge in [0.05, 0.1) is 12.1 Å². The monoisotopic (exact) mass is 308 g/mol. The highest BCUT2D eigenvalue weighted by Gasteiger charge is 2.18. The number of halogens is 1. The fraction of sp³-hybridized carbons (Fsp3) is 0.929. The summed E-state index contributed by atoms with van der Waals surface area (Å²) in [5.41, 5.74) is 5.85. The molecule has 1 rings (SSSR count). The van der Waals surface area contributed by atoms with Gasteiger partial charge in [-0.25, -0.2) is 0 Å². The first kappa shape index (κ1) is 19.6. The molecular formula is C14H29ClN2O3. The number of nitrogens with one attached hydrogen (secondary N) is 1. The van der Waals surface area contributed by atoms with Crippen molar-refractivity contribution in [3.05, 3.63) is 0 Å². The Balaban J connectivity index is 0.00000361. The highest BCUT2D eigenvalue weighted by Crippen LogP contribution is 2.10. The summed E-state index contributed by atoms with van der Waals surface area (Å²) >= 11 is 0. The topological polar surface area (TPSA) is 73.6 Å². The second-order valence-electron chi connectivity index (χ2n) is 5.24. The van der Waals surface area contributed by atoms with Gasteiger partial charge < -0.3 is 20.5 Å². The van der Waals surface area contributed by atoms with Crippen LogP contribution in [-0.2, 0) is 14.3 Å². The first-order valence-corrected chi connectivity index (χ1v) is 7.37. The summed E-state index contributed by atoms with van der Waals surface area (Å²) in [6.07, 6.45) is 4.03. The number of hydrogen-bond acceptors (Lipinski definition) is 4. The molecule has 0 aromatic carbocycles. The first-order valence-electron chi connectivity index (χ1n) is 7.37. The van der Waals surface area contributed by atoms with Gasteiger partial charge in [-0.05, 0) is 25.2 Å². The minimum atomic E-state index is -0.401. The molecular weight excluding hydrogens is 280 g/mol. The Morgan fingerprint density at radius 2 is 2.10 bits per heavy atom. The molecule has 120 valence electrons. The molecule has 1 aliphatic heterocycles. The number of carbonyl (C=O) groups excluding carboxylic acids is 1. The molecule has 2 unspecified atom stereocenters. The first-order chi connectivity index (χ1) is 9.15. The Morgan fingerprint density at radius 3 is 2.70 bits per heavy atom. The van der Waals surface area contributed by atoms with Crippen LogP contribution in [0.3, 0.4) is 0 Å². The lowest BCUT2D eigenvalue weighted by Crippen LogP contribution is -2.45. The SMILES string of the molecule is CCC(C)C(N)C(=O)NCCCOC1CCOCC1.Cl. The zero-order valence-corrected chi connectivity index (χ0v) is 13.4. The minimum Gasteiger partial charge on any atom is -0.381 e. The van der Waals surface area contributed by atoms with E-state index >= 15 is 0 Å². The second-order valence-corrected chi connectivity index (χ2v) is 5.24. The van der Waals surface area contributed by atoms with Crippen LogP contribution in [0.5, 0.6) is 0 Å². The molecule has 0 aromatic rings. The molecule has 6 heteroatoms. The van der Waals surface area contributed by atoms with Crippen molar-refractivity contribution in [1.82, 2.24) is 5.32 Å². The third-order valence-corrected chi connectivity index (χ3v) is 3.70. The smallest absolute Gasteiger partial charge is 0.237 e. The summed E-state index contributed by atoms with van der Waals surface area (Å²) in [7, 11) is 0. The van der Waals surface area contributed by atoms with Crippen molar-refractivity contribution in [2.45, 2.75) is 51.7 Å². The van der Waals surface area contributed by atoms with Crippen LogP contribution in [0.2, 0.25) is 0 Å². The van der Waals surface area contributed by atoms with Crippen molar-refractivity contribution < 1.29 is 14.3 Å². The normalized spacial score (nSPS) is 18.9. The van der Waals surface area contributed by atoms with Crippen molar-refractivity contribution in [2.24, 2.45) is 11.7 Å². The summed E-state index contributed by atoms with van der Waals surface area (Å²) in [5.74, 6) is 0.166. The number of rotatable bonds is 8. The van der Waals surface area contributed by atoms with Gasteiger partial charge in [-0.3, -0.25) is 4.79 Å². The molecule has 1 fully saturated rings. The molecule has 0 aliphatic carbocycles. The molecule has 2 atom stereocenters. The highest BCUT2D eigenvalue weighted by molar-refractivity contribution is 5.85. The van der Waals surface area contributed by atoms with E-state index in [2.05, 4.69) is 5.32 Å². The van der Waals surface area contributed by atoms with E-state index in [4.69, 9.17) is 15.2 Å². The van der Waals surface area contributed by atoms with E-state index < -0.39 is 6.04 Å². The average Bonchev–Trinajstić information content (AvgIpc) is 2.46. The lowest BCUT2D eigenvalue weighted by Gasteiger charge is -2.22. The predicted molar refractivity (Wildman–Crippen MR) is 82.1 cm³/mol. The lowest BCUT2D eigenvalue weighted by atomic mass is 9.99. The third-order valence-electron chi connectivity index (χ3n) is 3.70. The van der Waals surface area contributed by atoms with Gasteiger partial charge in [0.25, 0.3) is 0 Å². The van der Waals surface area contributed by atoms with Crippen LogP contribution in [-0.4, -0.2) is 44.4 Å². The predicted octanol–water partition coefficient (Wildman–Crippen LogP) is 1.48. The van der Waals surface area contributed by atoms with Crippen molar-refractivity contribution >= 4 is 18.3 Å². The molecule has 0 bridgehead atoms. The fourth-order valence-corrected chi connectivity index (χ4v) is 2.01. The van der Waals surface area contributed by atoms with Crippen molar-refractivity contribution in [3.63, 3.8) is 0 Å². The highest BCUT2D eigenvalue weighted by atomic mass is 35.5. The summed E-state index contributed by atoms with van der Waals surface area (Å²) in [6.45, 7) is 6.95. The largest absolute Gasteiger partial charge is 0.381 e. The number of amides is 1. The van der Waals surface area contributed by atoms with Crippen LogP contribution in [0.15, 0.2) is 0 Å². The number of nitrogens with two attached hydrogens (primary N) is 1. The molecule has 0 aromatic heterocycles. The van der Waals surface area contributed by atoms with Crippen molar-refractivity contribution in [3.8, 4) is 0 Å². The average molecular weight is 309 g/mol.